The third-order valence-corrected chi connectivity index (χ3v) is 5.93. The number of hydrogen-bond donors (Lipinski definition) is 1. The Morgan fingerprint density at radius 2 is 1.75 bits per heavy atom. The average Bonchev–Trinajstić information content (AvgIpc) is 3.23. The van der Waals surface area contributed by atoms with Crippen LogP contribution in [0.25, 0.3) is 21.5 Å². The number of fused-ring (bicyclic) bond motifs is 1. The number of nitrogens with one attached hydrogen (secondary N) is 1. The molecule has 0 atom stereocenters. The summed E-state index contributed by atoms with van der Waals surface area (Å²) in [5.74, 6) is -1.37. The van der Waals surface area contributed by atoms with Crippen LogP contribution >= 0.6 is 22.9 Å². The number of rotatable bonds is 6. The summed E-state index contributed by atoms with van der Waals surface area (Å²) >= 11 is 7.40. The van der Waals surface area contributed by atoms with E-state index in [1.807, 2.05) is 12.1 Å². The number of benzene rings is 2. The zero-order valence-corrected chi connectivity index (χ0v) is 18.5. The number of carbonyl (C=O) groups is 3. The highest BCUT2D eigenvalue weighted by Gasteiger charge is 2.18. The van der Waals surface area contributed by atoms with E-state index in [0.29, 0.717) is 37.7 Å². The van der Waals surface area contributed by atoms with E-state index < -0.39 is 18.5 Å². The van der Waals surface area contributed by atoms with Crippen molar-refractivity contribution in [2.75, 3.05) is 11.9 Å². The smallest absolute Gasteiger partial charge is 0.339 e. The van der Waals surface area contributed by atoms with Crippen molar-refractivity contribution in [3.63, 3.8) is 0 Å². The lowest BCUT2D eigenvalue weighted by atomic mass is 10.1. The van der Waals surface area contributed by atoms with Gasteiger partial charge in [-0.2, -0.15) is 0 Å². The summed E-state index contributed by atoms with van der Waals surface area (Å²) in [6, 6.07) is 19.1. The molecule has 0 aliphatic rings. The van der Waals surface area contributed by atoms with Crippen molar-refractivity contribution >= 4 is 57.2 Å². The van der Waals surface area contributed by atoms with E-state index in [2.05, 4.69) is 10.3 Å². The molecule has 0 saturated carbocycles. The molecule has 1 N–H and O–H groups in total. The molecule has 160 valence electrons. The van der Waals surface area contributed by atoms with Crippen molar-refractivity contribution in [3.05, 3.63) is 82.2 Å². The lowest BCUT2D eigenvalue weighted by Crippen LogP contribution is -2.22. The molecule has 2 heterocycles. The average molecular weight is 465 g/mol. The minimum Gasteiger partial charge on any atom is -0.452 e. The maximum absolute atomic E-state index is 12.9. The van der Waals surface area contributed by atoms with Gasteiger partial charge in [-0.3, -0.25) is 9.59 Å². The molecule has 32 heavy (non-hydrogen) atoms. The van der Waals surface area contributed by atoms with Crippen LogP contribution in [0.3, 0.4) is 0 Å². The van der Waals surface area contributed by atoms with Gasteiger partial charge in [0.2, 0.25) is 0 Å². The van der Waals surface area contributed by atoms with E-state index in [1.54, 1.807) is 54.6 Å². The molecule has 0 saturated heterocycles. The monoisotopic (exact) mass is 464 g/mol. The molecular formula is C24H17ClN2O4S. The predicted molar refractivity (Wildman–Crippen MR) is 125 cm³/mol. The number of para-hydroxylation sites is 2. The van der Waals surface area contributed by atoms with Crippen LogP contribution in [0.2, 0.25) is 4.34 Å². The second-order valence-corrected chi connectivity index (χ2v) is 8.62. The van der Waals surface area contributed by atoms with Crippen molar-refractivity contribution in [1.29, 1.82) is 0 Å². The lowest BCUT2D eigenvalue weighted by Gasteiger charge is -2.11. The number of ketones is 1. The maximum Gasteiger partial charge on any atom is 0.339 e. The summed E-state index contributed by atoms with van der Waals surface area (Å²) < 4.78 is 5.89. The Morgan fingerprint density at radius 3 is 2.50 bits per heavy atom. The molecule has 0 fully saturated rings. The van der Waals surface area contributed by atoms with E-state index in [-0.39, 0.29) is 5.78 Å². The molecule has 2 aromatic heterocycles. The number of nitrogens with zero attached hydrogens (tertiary/aromatic N) is 1. The van der Waals surface area contributed by atoms with Gasteiger partial charge in [0.25, 0.3) is 5.91 Å². The van der Waals surface area contributed by atoms with E-state index in [4.69, 9.17) is 16.3 Å². The number of pyridine rings is 1. The van der Waals surface area contributed by atoms with Crippen molar-refractivity contribution in [1.82, 2.24) is 4.98 Å². The molecule has 0 bridgehead atoms. The van der Waals surface area contributed by atoms with E-state index >= 15 is 0 Å². The fraction of sp³-hybridized carbons (Fsp3) is 0.0833. The SMILES string of the molecule is CC(=O)c1ccccc1NC(=O)COC(=O)c1cc(-c2ccc(Cl)s2)nc2ccccc12. The van der Waals surface area contributed by atoms with Crippen LogP contribution in [-0.2, 0) is 9.53 Å². The summed E-state index contributed by atoms with van der Waals surface area (Å²) in [6.45, 7) is 0.916. The molecule has 6 nitrogen and oxygen atoms in total. The Balaban J connectivity index is 1.55. The van der Waals surface area contributed by atoms with E-state index in [0.717, 1.165) is 4.88 Å². The minimum absolute atomic E-state index is 0.178. The Bertz CT molecular complexity index is 1350. The van der Waals surface area contributed by atoms with Gasteiger partial charge in [0.05, 0.1) is 31.7 Å². The first kappa shape index (κ1) is 21.7. The summed E-state index contributed by atoms with van der Waals surface area (Å²) in [6.07, 6.45) is 0. The number of amides is 1. The zero-order chi connectivity index (χ0) is 22.7. The Hall–Kier alpha value is -3.55. The zero-order valence-electron chi connectivity index (χ0n) is 16.9. The molecule has 0 aliphatic carbocycles. The lowest BCUT2D eigenvalue weighted by molar-refractivity contribution is -0.119. The first-order chi connectivity index (χ1) is 15.4. The molecule has 0 spiro atoms. The normalized spacial score (nSPS) is 10.7. The minimum atomic E-state index is -0.650. The van der Waals surface area contributed by atoms with Gasteiger partial charge in [0.15, 0.2) is 12.4 Å². The Morgan fingerprint density at radius 1 is 1.00 bits per heavy atom. The van der Waals surface area contributed by atoms with Crippen LogP contribution in [0.4, 0.5) is 5.69 Å². The first-order valence-electron chi connectivity index (χ1n) is 9.65. The summed E-state index contributed by atoms with van der Waals surface area (Å²) in [5, 5.41) is 3.23. The number of Topliss-reactive ketones (excluding diaryl/α,β-unsaturated/α-hetero) is 1. The van der Waals surface area contributed by atoms with Crippen molar-refractivity contribution in [2.24, 2.45) is 0 Å². The van der Waals surface area contributed by atoms with E-state index in [9.17, 15) is 14.4 Å². The summed E-state index contributed by atoms with van der Waals surface area (Å²) in [5.41, 5.74) is 2.26. The van der Waals surface area contributed by atoms with Crippen molar-refractivity contribution in [2.45, 2.75) is 6.92 Å². The first-order valence-corrected chi connectivity index (χ1v) is 10.8. The number of thiophene rings is 1. The molecule has 0 radical (unpaired) electrons. The molecular weight excluding hydrogens is 448 g/mol. The van der Waals surface area contributed by atoms with Gasteiger partial charge in [-0.1, -0.05) is 41.9 Å². The van der Waals surface area contributed by atoms with Gasteiger partial charge in [-0.05, 0) is 43.3 Å². The fourth-order valence-electron chi connectivity index (χ4n) is 3.22. The largest absolute Gasteiger partial charge is 0.452 e. The molecule has 1 amide bonds. The Kier molecular flexibility index (Phi) is 6.30. The third-order valence-electron chi connectivity index (χ3n) is 4.68. The molecule has 0 unspecified atom stereocenters. The van der Waals surface area contributed by atoms with Crippen molar-refractivity contribution in [3.8, 4) is 10.6 Å². The van der Waals surface area contributed by atoms with Gasteiger partial charge < -0.3 is 10.1 Å². The molecule has 2 aromatic carbocycles. The molecule has 8 heteroatoms. The number of ether oxygens (including phenoxy) is 1. The highest BCUT2D eigenvalue weighted by atomic mass is 35.5. The number of anilines is 1. The third kappa shape index (κ3) is 4.69. The van der Waals surface area contributed by atoms with Crippen LogP contribution in [0.1, 0.15) is 27.6 Å². The van der Waals surface area contributed by atoms with E-state index in [1.165, 1.54) is 18.3 Å². The van der Waals surface area contributed by atoms with Gasteiger partial charge in [-0.25, -0.2) is 9.78 Å². The van der Waals surface area contributed by atoms with Crippen LogP contribution < -0.4 is 5.32 Å². The van der Waals surface area contributed by atoms with Crippen molar-refractivity contribution < 1.29 is 19.1 Å². The van der Waals surface area contributed by atoms with Gasteiger partial charge in [-0.15, -0.1) is 11.3 Å². The van der Waals surface area contributed by atoms with Crippen LogP contribution in [-0.4, -0.2) is 29.3 Å². The van der Waals surface area contributed by atoms with Crippen LogP contribution in [0.5, 0.6) is 0 Å². The van der Waals surface area contributed by atoms with Gasteiger partial charge in [0.1, 0.15) is 0 Å². The predicted octanol–water partition coefficient (Wildman–Crippen LogP) is 5.61. The van der Waals surface area contributed by atoms with Crippen LogP contribution in [0, 0.1) is 0 Å². The van der Waals surface area contributed by atoms with Crippen LogP contribution in [0.15, 0.2) is 66.7 Å². The quantitative estimate of drug-likeness (QED) is 0.296. The molecule has 0 aliphatic heterocycles. The summed E-state index contributed by atoms with van der Waals surface area (Å²) in [7, 11) is 0. The molecule has 4 rings (SSSR count). The Labute approximate surface area is 192 Å². The molecule has 4 aromatic rings. The van der Waals surface area contributed by atoms with Gasteiger partial charge in [0, 0.05) is 10.9 Å². The summed E-state index contributed by atoms with van der Waals surface area (Å²) in [4.78, 5) is 42.4. The standard InChI is InChI=1S/C24H17ClN2O4S/c1-14(28)15-6-2-4-8-18(15)27-23(29)13-31-24(30)17-12-20(21-10-11-22(25)32-21)26-19-9-5-3-7-16(17)19/h2-12H,13H2,1H3,(H,27,29). The second-order valence-electron chi connectivity index (χ2n) is 6.90. The maximum atomic E-state index is 12.9. The number of esters is 1. The number of hydrogen-bond acceptors (Lipinski definition) is 6. The number of aromatic nitrogens is 1. The highest BCUT2D eigenvalue weighted by Crippen LogP contribution is 2.32. The topological polar surface area (TPSA) is 85.4 Å². The number of carbonyl (C=O) groups excluding carboxylic acids is 3. The highest BCUT2D eigenvalue weighted by molar-refractivity contribution is 7.19. The van der Waals surface area contributed by atoms with Gasteiger partial charge >= 0.3 is 5.97 Å². The fourth-order valence-corrected chi connectivity index (χ4v) is 4.22. The number of halogens is 1. The second kappa shape index (κ2) is 9.30.